The first kappa shape index (κ1) is 17.6. The number of para-hydroxylation sites is 1. The largest absolute Gasteiger partial charge is 0.264 e. The second-order valence-corrected chi connectivity index (χ2v) is 8.65. The van der Waals surface area contributed by atoms with Crippen molar-refractivity contribution in [3.8, 4) is 5.69 Å². The number of halogens is 2. The molecular weight excluding hydrogens is 436 g/mol. The van der Waals surface area contributed by atoms with E-state index in [0.29, 0.717) is 5.02 Å². The molecule has 0 fully saturated rings. The Morgan fingerprint density at radius 1 is 1.07 bits per heavy atom. The lowest BCUT2D eigenvalue weighted by molar-refractivity contribution is 0.737. The molecule has 0 unspecified atom stereocenters. The highest BCUT2D eigenvalue weighted by atomic mass is 79.9. The molecule has 0 N–H and O–H groups in total. The van der Waals surface area contributed by atoms with Gasteiger partial charge in [-0.05, 0) is 29.8 Å². The van der Waals surface area contributed by atoms with E-state index < -0.39 is 0 Å². The number of nitrogens with zero attached hydrogens (tertiary/aromatic N) is 4. The quantitative estimate of drug-likeness (QED) is 0.361. The Morgan fingerprint density at radius 3 is 2.71 bits per heavy atom. The molecule has 0 saturated heterocycles. The molecule has 0 radical (unpaired) electrons. The summed E-state index contributed by atoms with van der Waals surface area (Å²) in [4.78, 5) is 9.35. The van der Waals surface area contributed by atoms with E-state index in [2.05, 4.69) is 45.9 Å². The van der Waals surface area contributed by atoms with Gasteiger partial charge in [0.1, 0.15) is 0 Å². The zero-order chi connectivity index (χ0) is 19.5. The maximum absolute atomic E-state index is 6.34. The van der Waals surface area contributed by atoms with Crippen LogP contribution in [0.2, 0.25) is 5.02 Å². The Labute approximate surface area is 176 Å². The van der Waals surface area contributed by atoms with E-state index in [-0.39, 0.29) is 5.41 Å². The van der Waals surface area contributed by atoms with Crippen molar-refractivity contribution in [3.63, 3.8) is 0 Å². The second-order valence-electron chi connectivity index (χ2n) is 7.39. The van der Waals surface area contributed by atoms with E-state index in [1.807, 2.05) is 48.9 Å². The van der Waals surface area contributed by atoms with Gasteiger partial charge in [-0.3, -0.25) is 9.98 Å². The molecule has 1 aliphatic heterocycles. The molecule has 138 valence electrons. The lowest BCUT2D eigenvalue weighted by Crippen LogP contribution is -2.26. The summed E-state index contributed by atoms with van der Waals surface area (Å²) in [6, 6.07) is 11.9. The van der Waals surface area contributed by atoms with E-state index in [1.54, 1.807) is 10.9 Å². The van der Waals surface area contributed by atoms with Crippen LogP contribution in [0.25, 0.3) is 16.5 Å². The monoisotopic (exact) mass is 450 g/mol. The van der Waals surface area contributed by atoms with Gasteiger partial charge in [0.15, 0.2) is 0 Å². The summed E-state index contributed by atoms with van der Waals surface area (Å²) in [5.74, 6) is 0. The van der Waals surface area contributed by atoms with E-state index in [0.717, 1.165) is 37.9 Å². The van der Waals surface area contributed by atoms with E-state index in [9.17, 15) is 0 Å². The van der Waals surface area contributed by atoms with Gasteiger partial charge in [0.25, 0.3) is 0 Å². The summed E-state index contributed by atoms with van der Waals surface area (Å²) < 4.78 is 2.86. The highest BCUT2D eigenvalue weighted by Gasteiger charge is 2.37. The standard InChI is InChI=1S/C22H16BrClN4/c1-22(2)16-9-17(23)14-7-8-25-11-15(14)20(16)27-21(22)13-10-26-28(12-13)19-6-4-3-5-18(19)24/h3-12H,1-2H3. The summed E-state index contributed by atoms with van der Waals surface area (Å²) in [6.45, 7) is 4.39. The van der Waals surface area contributed by atoms with Crippen molar-refractivity contribution in [2.24, 2.45) is 4.99 Å². The molecule has 0 atom stereocenters. The van der Waals surface area contributed by atoms with Crippen molar-refractivity contribution < 1.29 is 0 Å². The third kappa shape index (κ3) is 2.54. The maximum Gasteiger partial charge on any atom is 0.0831 e. The first-order valence-corrected chi connectivity index (χ1v) is 10.1. The van der Waals surface area contributed by atoms with Gasteiger partial charge in [-0.25, -0.2) is 4.68 Å². The molecule has 4 aromatic rings. The summed E-state index contributed by atoms with van der Waals surface area (Å²) in [5, 5.41) is 7.35. The highest BCUT2D eigenvalue weighted by Crippen LogP contribution is 2.47. The van der Waals surface area contributed by atoms with E-state index in [1.165, 1.54) is 5.56 Å². The first-order valence-electron chi connectivity index (χ1n) is 8.92. The Morgan fingerprint density at radius 2 is 1.89 bits per heavy atom. The van der Waals surface area contributed by atoms with Crippen LogP contribution >= 0.6 is 27.5 Å². The van der Waals surface area contributed by atoms with Gasteiger partial charge in [-0.15, -0.1) is 0 Å². The number of fused-ring (bicyclic) bond motifs is 3. The minimum atomic E-state index is -0.254. The fourth-order valence-corrected chi connectivity index (χ4v) is 4.62. The lowest BCUT2D eigenvalue weighted by Gasteiger charge is -2.22. The average Bonchev–Trinajstić information content (AvgIpc) is 3.26. The SMILES string of the molecule is CC1(C)C(c2cnn(-c3ccccc3Cl)c2)=Nc2c1cc(Br)c1ccncc21. The van der Waals surface area contributed by atoms with Crippen molar-refractivity contribution in [2.45, 2.75) is 19.3 Å². The minimum absolute atomic E-state index is 0.254. The predicted octanol–water partition coefficient (Wildman–Crippen LogP) is 6.25. The Balaban J connectivity index is 1.67. The van der Waals surface area contributed by atoms with Crippen LogP contribution in [0.4, 0.5) is 5.69 Å². The normalized spacial score (nSPS) is 14.9. The molecular formula is C22H16BrClN4. The summed E-state index contributed by atoms with van der Waals surface area (Å²) in [5.41, 5.74) is 4.73. The number of aliphatic imine (C=N–C) groups is 1. The summed E-state index contributed by atoms with van der Waals surface area (Å²) in [7, 11) is 0. The zero-order valence-corrected chi connectivity index (χ0v) is 17.7. The molecule has 5 rings (SSSR count). The molecule has 4 nitrogen and oxygen atoms in total. The Hall–Kier alpha value is -2.50. The third-order valence-electron chi connectivity index (χ3n) is 5.30. The summed E-state index contributed by atoms with van der Waals surface area (Å²) in [6.07, 6.45) is 7.53. The van der Waals surface area contributed by atoms with Gasteiger partial charge >= 0.3 is 0 Å². The van der Waals surface area contributed by atoms with Crippen LogP contribution in [0, 0.1) is 0 Å². The number of aromatic nitrogens is 3. The molecule has 0 amide bonds. The number of benzene rings is 2. The van der Waals surface area contributed by atoms with Crippen LogP contribution in [0.5, 0.6) is 0 Å². The van der Waals surface area contributed by atoms with Crippen molar-refractivity contribution in [1.82, 2.24) is 14.8 Å². The van der Waals surface area contributed by atoms with Crippen LogP contribution in [0.3, 0.4) is 0 Å². The molecule has 2 aromatic heterocycles. The predicted molar refractivity (Wildman–Crippen MR) is 117 cm³/mol. The molecule has 1 aliphatic rings. The van der Waals surface area contributed by atoms with Gasteiger partial charge in [-0.2, -0.15) is 5.10 Å². The van der Waals surface area contributed by atoms with E-state index in [4.69, 9.17) is 16.6 Å². The topological polar surface area (TPSA) is 43.1 Å². The minimum Gasteiger partial charge on any atom is -0.264 e. The number of hydrogen-bond donors (Lipinski definition) is 0. The second kappa shape index (κ2) is 6.26. The fourth-order valence-electron chi connectivity index (χ4n) is 3.83. The molecule has 6 heteroatoms. The van der Waals surface area contributed by atoms with Crippen LogP contribution in [-0.4, -0.2) is 20.5 Å². The van der Waals surface area contributed by atoms with Gasteiger partial charge in [-0.1, -0.05) is 53.5 Å². The average molecular weight is 452 g/mol. The number of rotatable bonds is 2. The molecule has 0 spiro atoms. The zero-order valence-electron chi connectivity index (χ0n) is 15.3. The molecule has 0 aliphatic carbocycles. The van der Waals surface area contributed by atoms with Crippen LogP contribution in [0.15, 0.2) is 70.7 Å². The first-order chi connectivity index (χ1) is 13.5. The van der Waals surface area contributed by atoms with Crippen molar-refractivity contribution in [1.29, 1.82) is 0 Å². The van der Waals surface area contributed by atoms with E-state index >= 15 is 0 Å². The Kier molecular flexibility index (Phi) is 3.93. The smallest absolute Gasteiger partial charge is 0.0831 e. The van der Waals surface area contributed by atoms with Crippen LogP contribution in [0.1, 0.15) is 25.0 Å². The fraction of sp³-hybridized carbons (Fsp3) is 0.136. The van der Waals surface area contributed by atoms with Crippen molar-refractivity contribution >= 4 is 49.7 Å². The Bertz CT molecular complexity index is 1270. The molecule has 2 aromatic carbocycles. The number of pyridine rings is 1. The molecule has 28 heavy (non-hydrogen) atoms. The molecule has 0 bridgehead atoms. The van der Waals surface area contributed by atoms with Crippen LogP contribution < -0.4 is 0 Å². The lowest BCUT2D eigenvalue weighted by atomic mass is 9.79. The van der Waals surface area contributed by atoms with Crippen molar-refractivity contribution in [3.05, 3.63) is 81.8 Å². The molecule has 3 heterocycles. The van der Waals surface area contributed by atoms with Gasteiger partial charge in [0.2, 0.25) is 0 Å². The van der Waals surface area contributed by atoms with Gasteiger partial charge < -0.3 is 0 Å². The molecule has 0 saturated carbocycles. The van der Waals surface area contributed by atoms with Crippen LogP contribution in [-0.2, 0) is 5.41 Å². The number of hydrogen-bond acceptors (Lipinski definition) is 3. The van der Waals surface area contributed by atoms with Gasteiger partial charge in [0.05, 0.1) is 28.3 Å². The highest BCUT2D eigenvalue weighted by molar-refractivity contribution is 9.10. The maximum atomic E-state index is 6.34. The van der Waals surface area contributed by atoms with Crippen molar-refractivity contribution in [2.75, 3.05) is 0 Å². The third-order valence-corrected chi connectivity index (χ3v) is 6.28. The summed E-state index contributed by atoms with van der Waals surface area (Å²) >= 11 is 10.0. The van der Waals surface area contributed by atoms with Gasteiger partial charge in [0, 0.05) is 44.8 Å².